The molecule has 1 aromatic carbocycles. The Labute approximate surface area is 181 Å². The van der Waals surface area contributed by atoms with Crippen LogP contribution < -0.4 is 5.32 Å². The molecule has 0 aromatic heterocycles. The third kappa shape index (κ3) is 4.36. The lowest BCUT2D eigenvalue weighted by Crippen LogP contribution is -2.64. The second-order valence-electron chi connectivity index (χ2n) is 9.58. The van der Waals surface area contributed by atoms with Gasteiger partial charge >= 0.3 is 0 Å². The molecule has 0 aliphatic carbocycles. The van der Waals surface area contributed by atoms with Gasteiger partial charge in [-0.25, -0.2) is 0 Å². The van der Waals surface area contributed by atoms with Crippen LogP contribution in [0.1, 0.15) is 24.8 Å². The third-order valence-corrected chi connectivity index (χ3v) is 7.81. The molecule has 3 atom stereocenters. The van der Waals surface area contributed by atoms with Crippen LogP contribution in [-0.4, -0.2) is 104 Å². The van der Waals surface area contributed by atoms with Gasteiger partial charge in [-0.2, -0.15) is 0 Å². The molecule has 5 saturated heterocycles. The molecule has 5 heterocycles. The van der Waals surface area contributed by atoms with Gasteiger partial charge < -0.3 is 10.2 Å². The van der Waals surface area contributed by atoms with Gasteiger partial charge in [-0.05, 0) is 37.3 Å². The number of hydrogen-bond donors (Lipinski definition) is 1. The summed E-state index contributed by atoms with van der Waals surface area (Å²) < 4.78 is 0. The van der Waals surface area contributed by atoms with E-state index in [1.807, 2.05) is 7.05 Å². The topological polar surface area (TPSA) is 37.4 Å². The predicted molar refractivity (Wildman–Crippen MR) is 123 cm³/mol. The van der Waals surface area contributed by atoms with Crippen molar-refractivity contribution >= 4 is 5.96 Å². The highest BCUT2D eigenvalue weighted by molar-refractivity contribution is 5.80. The molecule has 2 bridgehead atoms. The number of piperazine rings is 3. The number of fused-ring (bicyclic) bond motifs is 4. The lowest BCUT2D eigenvalue weighted by atomic mass is 9.83. The Kier molecular flexibility index (Phi) is 6.25. The van der Waals surface area contributed by atoms with Gasteiger partial charge in [0.05, 0.1) is 0 Å². The van der Waals surface area contributed by atoms with E-state index in [0.717, 1.165) is 44.1 Å². The van der Waals surface area contributed by atoms with Crippen LogP contribution >= 0.6 is 0 Å². The average Bonchev–Trinajstić information content (AvgIpc) is 2.81. The number of nitrogens with one attached hydrogen (secondary N) is 1. The van der Waals surface area contributed by atoms with E-state index in [9.17, 15) is 0 Å². The summed E-state index contributed by atoms with van der Waals surface area (Å²) in [5.74, 6) is 1.88. The molecule has 6 nitrogen and oxygen atoms in total. The van der Waals surface area contributed by atoms with E-state index in [-0.39, 0.29) is 0 Å². The van der Waals surface area contributed by atoms with Gasteiger partial charge in [0.15, 0.2) is 5.96 Å². The van der Waals surface area contributed by atoms with Crippen molar-refractivity contribution in [2.45, 2.75) is 37.9 Å². The first-order valence-corrected chi connectivity index (χ1v) is 12.0. The Hall–Kier alpha value is -1.63. The van der Waals surface area contributed by atoms with Gasteiger partial charge in [0.2, 0.25) is 0 Å². The first-order chi connectivity index (χ1) is 14.8. The van der Waals surface area contributed by atoms with Crippen LogP contribution in [0.3, 0.4) is 0 Å². The lowest BCUT2D eigenvalue weighted by molar-refractivity contribution is 0.0144. The van der Waals surface area contributed by atoms with Crippen molar-refractivity contribution < 1.29 is 0 Å². The van der Waals surface area contributed by atoms with E-state index in [1.165, 1.54) is 64.1 Å². The zero-order valence-electron chi connectivity index (χ0n) is 18.5. The van der Waals surface area contributed by atoms with E-state index in [4.69, 9.17) is 0 Å². The molecular weight excluding hydrogens is 372 g/mol. The first-order valence-electron chi connectivity index (χ1n) is 12.0. The Morgan fingerprint density at radius 3 is 2.57 bits per heavy atom. The zero-order valence-corrected chi connectivity index (χ0v) is 18.5. The van der Waals surface area contributed by atoms with Gasteiger partial charge in [-0.1, -0.05) is 30.3 Å². The predicted octanol–water partition coefficient (Wildman–Crippen LogP) is 1.55. The highest BCUT2D eigenvalue weighted by atomic mass is 15.4. The fourth-order valence-corrected chi connectivity index (χ4v) is 6.17. The van der Waals surface area contributed by atoms with Crippen LogP contribution in [0.15, 0.2) is 35.3 Å². The van der Waals surface area contributed by atoms with Gasteiger partial charge in [0, 0.05) is 78.0 Å². The van der Waals surface area contributed by atoms with Crippen molar-refractivity contribution in [1.29, 1.82) is 0 Å². The molecule has 0 amide bonds. The molecule has 0 radical (unpaired) electrons. The lowest BCUT2D eigenvalue weighted by Gasteiger charge is -2.49. The monoisotopic (exact) mass is 410 g/mol. The summed E-state index contributed by atoms with van der Waals surface area (Å²) in [5, 5.41) is 3.73. The van der Waals surface area contributed by atoms with Gasteiger partial charge in [0.1, 0.15) is 0 Å². The number of nitrogens with zero attached hydrogens (tertiary/aromatic N) is 5. The number of guanidine groups is 1. The Morgan fingerprint density at radius 2 is 1.83 bits per heavy atom. The molecule has 0 saturated carbocycles. The number of aliphatic imine (C=N–C) groups is 1. The average molecular weight is 411 g/mol. The largest absolute Gasteiger partial charge is 0.355 e. The van der Waals surface area contributed by atoms with Crippen LogP contribution in [0.4, 0.5) is 0 Å². The van der Waals surface area contributed by atoms with Crippen LogP contribution in [0.25, 0.3) is 0 Å². The standard InChI is InChI=1S/C24H38N6/c1-25-24(26-16-22-19-27-12-14-28(22)15-13-27)30-11-9-23-21(18-30)8-5-10-29(23)17-20-6-3-2-4-7-20/h2-4,6-7,21-23H,5,8-19H2,1H3,(H,25,26). The summed E-state index contributed by atoms with van der Waals surface area (Å²) in [4.78, 5) is 15.2. The quantitative estimate of drug-likeness (QED) is 0.602. The minimum Gasteiger partial charge on any atom is -0.355 e. The zero-order chi connectivity index (χ0) is 20.3. The van der Waals surface area contributed by atoms with E-state index >= 15 is 0 Å². The van der Waals surface area contributed by atoms with E-state index < -0.39 is 0 Å². The maximum atomic E-state index is 4.67. The van der Waals surface area contributed by atoms with Crippen molar-refractivity contribution in [1.82, 2.24) is 24.9 Å². The molecule has 6 heteroatoms. The van der Waals surface area contributed by atoms with E-state index in [0.29, 0.717) is 6.04 Å². The smallest absolute Gasteiger partial charge is 0.193 e. The maximum Gasteiger partial charge on any atom is 0.193 e. The van der Waals surface area contributed by atoms with Crippen molar-refractivity contribution in [3.8, 4) is 0 Å². The molecule has 164 valence electrons. The molecule has 6 rings (SSSR count). The molecule has 0 spiro atoms. The Balaban J connectivity index is 1.16. The number of likely N-dealkylation sites (tertiary alicyclic amines) is 2. The number of benzene rings is 1. The first kappa shape index (κ1) is 20.3. The number of hydrogen-bond acceptors (Lipinski definition) is 4. The Bertz CT molecular complexity index is 714. The molecule has 1 N–H and O–H groups in total. The summed E-state index contributed by atoms with van der Waals surface area (Å²) in [5.41, 5.74) is 1.45. The molecule has 3 unspecified atom stereocenters. The summed E-state index contributed by atoms with van der Waals surface area (Å²) in [6.45, 7) is 11.8. The summed E-state index contributed by atoms with van der Waals surface area (Å²) in [6, 6.07) is 12.4. The highest BCUT2D eigenvalue weighted by Crippen LogP contribution is 2.31. The molecule has 5 aliphatic rings. The van der Waals surface area contributed by atoms with Crippen molar-refractivity contribution in [2.75, 3.05) is 66.0 Å². The summed E-state index contributed by atoms with van der Waals surface area (Å²) in [7, 11) is 1.95. The van der Waals surface area contributed by atoms with Crippen LogP contribution in [0, 0.1) is 5.92 Å². The van der Waals surface area contributed by atoms with Gasteiger partial charge in [0.25, 0.3) is 0 Å². The molecule has 5 aliphatic heterocycles. The maximum absolute atomic E-state index is 4.67. The normalized spacial score (nSPS) is 34.6. The SMILES string of the molecule is CN=C(NCC1CN2CCN1CC2)N1CCC2C(CCCN2Cc2ccccc2)C1. The van der Waals surface area contributed by atoms with E-state index in [1.54, 1.807) is 0 Å². The van der Waals surface area contributed by atoms with Crippen molar-refractivity contribution in [3.05, 3.63) is 35.9 Å². The molecule has 1 aromatic rings. The molecule has 5 fully saturated rings. The van der Waals surface area contributed by atoms with Crippen molar-refractivity contribution in [3.63, 3.8) is 0 Å². The second kappa shape index (κ2) is 9.25. The summed E-state index contributed by atoms with van der Waals surface area (Å²) in [6.07, 6.45) is 3.93. The summed E-state index contributed by atoms with van der Waals surface area (Å²) >= 11 is 0. The van der Waals surface area contributed by atoms with Crippen LogP contribution in [0.2, 0.25) is 0 Å². The minimum absolute atomic E-state index is 0.637. The third-order valence-electron chi connectivity index (χ3n) is 7.81. The van der Waals surface area contributed by atoms with Crippen molar-refractivity contribution in [2.24, 2.45) is 10.9 Å². The van der Waals surface area contributed by atoms with Gasteiger partial charge in [-0.15, -0.1) is 0 Å². The number of piperidine rings is 2. The van der Waals surface area contributed by atoms with E-state index in [2.05, 4.69) is 60.2 Å². The molecular formula is C24H38N6. The number of rotatable bonds is 4. The van der Waals surface area contributed by atoms with Crippen LogP contribution in [0.5, 0.6) is 0 Å². The van der Waals surface area contributed by atoms with Crippen LogP contribution in [-0.2, 0) is 6.54 Å². The minimum atomic E-state index is 0.637. The molecule has 30 heavy (non-hydrogen) atoms. The highest BCUT2D eigenvalue weighted by Gasteiger charge is 2.37. The fourth-order valence-electron chi connectivity index (χ4n) is 6.17. The van der Waals surface area contributed by atoms with Gasteiger partial charge in [-0.3, -0.25) is 19.7 Å². The fraction of sp³-hybridized carbons (Fsp3) is 0.708. The Morgan fingerprint density at radius 1 is 1.00 bits per heavy atom. The second-order valence-corrected chi connectivity index (χ2v) is 9.58.